The molecule has 1 saturated heterocycles. The van der Waals surface area contributed by atoms with Crippen LogP contribution in [0.5, 0.6) is 0 Å². The van der Waals surface area contributed by atoms with Gasteiger partial charge in [0.1, 0.15) is 5.37 Å². The zero-order valence-corrected chi connectivity index (χ0v) is 11.9. The number of rotatable bonds is 3. The molecule has 100 valence electrons. The van der Waals surface area contributed by atoms with E-state index in [1.54, 1.807) is 24.2 Å². The lowest BCUT2D eigenvalue weighted by Crippen LogP contribution is -2.47. The summed E-state index contributed by atoms with van der Waals surface area (Å²) in [5.41, 5.74) is 7.48. The summed E-state index contributed by atoms with van der Waals surface area (Å²) in [4.78, 5) is 6.00. The molecule has 2 rings (SSSR count). The van der Waals surface area contributed by atoms with Crippen LogP contribution in [0, 0.1) is 0 Å². The highest BCUT2D eigenvalue weighted by Crippen LogP contribution is 2.28. The molecule has 2 N–H and O–H groups in total. The van der Waals surface area contributed by atoms with E-state index in [9.17, 15) is 8.42 Å². The third kappa shape index (κ3) is 2.78. The van der Waals surface area contributed by atoms with Crippen LogP contribution in [0.15, 0.2) is 18.5 Å². The molecule has 1 atom stereocenters. The molecule has 7 heteroatoms. The first-order valence-corrected chi connectivity index (χ1v) is 8.81. The second-order valence-corrected chi connectivity index (χ2v) is 7.61. The normalized spacial score (nSPS) is 21.0. The molecule has 0 radical (unpaired) electrons. The molecule has 1 fully saturated rings. The summed E-state index contributed by atoms with van der Waals surface area (Å²) >= 11 is 1.67. The third-order valence-electron chi connectivity index (χ3n) is 3.00. The number of thioether (sulfide) groups is 1. The Hall–Kier alpha value is -0.790. The van der Waals surface area contributed by atoms with E-state index < -0.39 is 15.2 Å². The molecule has 1 aliphatic heterocycles. The van der Waals surface area contributed by atoms with E-state index in [1.165, 1.54) is 6.26 Å². The molecular formula is C11H17N3O2S2. The average molecular weight is 287 g/mol. The smallest absolute Gasteiger partial charge is 0.169 e. The minimum Gasteiger partial charge on any atom is -0.352 e. The molecule has 0 saturated carbocycles. The van der Waals surface area contributed by atoms with Crippen molar-refractivity contribution in [1.82, 2.24) is 4.98 Å². The van der Waals surface area contributed by atoms with E-state index in [0.717, 1.165) is 17.0 Å². The molecule has 1 aromatic rings. The van der Waals surface area contributed by atoms with Crippen molar-refractivity contribution in [2.24, 2.45) is 5.73 Å². The Bertz CT molecular complexity index is 519. The molecule has 1 aromatic heterocycles. The summed E-state index contributed by atoms with van der Waals surface area (Å²) in [5.74, 6) is 1.52. The van der Waals surface area contributed by atoms with Gasteiger partial charge in [-0.25, -0.2) is 8.42 Å². The lowest BCUT2D eigenvalue weighted by Gasteiger charge is -2.36. The highest BCUT2D eigenvalue weighted by atomic mass is 32.2. The summed E-state index contributed by atoms with van der Waals surface area (Å²) in [5, 5.41) is -0.481. The van der Waals surface area contributed by atoms with Crippen molar-refractivity contribution in [2.45, 2.75) is 11.9 Å². The molecular weight excluding hydrogens is 270 g/mol. The predicted molar refractivity (Wildman–Crippen MR) is 75.4 cm³/mol. The van der Waals surface area contributed by atoms with Crippen molar-refractivity contribution in [3.8, 4) is 0 Å². The van der Waals surface area contributed by atoms with Crippen LogP contribution >= 0.6 is 11.8 Å². The molecule has 1 unspecified atom stereocenters. The van der Waals surface area contributed by atoms with E-state index in [1.807, 2.05) is 11.0 Å². The zero-order chi connectivity index (χ0) is 13.2. The summed E-state index contributed by atoms with van der Waals surface area (Å²) in [6.45, 7) is 1.10. The number of hydrogen-bond donors (Lipinski definition) is 1. The topological polar surface area (TPSA) is 76.3 Å². The molecule has 5 nitrogen and oxygen atoms in total. The average Bonchev–Trinajstić information content (AvgIpc) is 2.37. The zero-order valence-electron chi connectivity index (χ0n) is 10.2. The van der Waals surface area contributed by atoms with E-state index >= 15 is 0 Å². The van der Waals surface area contributed by atoms with Gasteiger partial charge in [-0.05, 0) is 11.6 Å². The van der Waals surface area contributed by atoms with E-state index in [2.05, 4.69) is 4.98 Å². The number of aromatic nitrogens is 1. The molecule has 0 spiro atoms. The maximum Gasteiger partial charge on any atom is 0.169 e. The summed E-state index contributed by atoms with van der Waals surface area (Å²) < 4.78 is 23.7. The van der Waals surface area contributed by atoms with Crippen LogP contribution < -0.4 is 10.6 Å². The number of sulfone groups is 1. The molecule has 0 aliphatic carbocycles. The van der Waals surface area contributed by atoms with Crippen LogP contribution in [-0.4, -0.2) is 43.1 Å². The van der Waals surface area contributed by atoms with E-state index in [-0.39, 0.29) is 0 Å². The van der Waals surface area contributed by atoms with Crippen LogP contribution in [0.3, 0.4) is 0 Å². The quantitative estimate of drug-likeness (QED) is 0.870. The van der Waals surface area contributed by atoms with Gasteiger partial charge < -0.3 is 10.6 Å². The van der Waals surface area contributed by atoms with Gasteiger partial charge in [-0.3, -0.25) is 4.98 Å². The molecule has 0 amide bonds. The lowest BCUT2D eigenvalue weighted by molar-refractivity contribution is 0.584. The molecule has 18 heavy (non-hydrogen) atoms. The van der Waals surface area contributed by atoms with Crippen LogP contribution in [0.25, 0.3) is 0 Å². The number of nitrogens with zero attached hydrogens (tertiary/aromatic N) is 2. The number of nitrogens with two attached hydrogens (primary N) is 1. The Labute approximate surface area is 112 Å². The number of hydrogen-bond acceptors (Lipinski definition) is 6. The predicted octanol–water partition coefficient (Wildman–Crippen LogP) is 0.464. The van der Waals surface area contributed by atoms with Crippen molar-refractivity contribution >= 4 is 27.3 Å². The Morgan fingerprint density at radius 2 is 2.39 bits per heavy atom. The van der Waals surface area contributed by atoms with Gasteiger partial charge in [0.25, 0.3) is 0 Å². The Balaban J connectivity index is 2.40. The lowest BCUT2D eigenvalue weighted by atomic mass is 10.2. The van der Waals surface area contributed by atoms with E-state index in [0.29, 0.717) is 18.8 Å². The molecule has 0 bridgehead atoms. The number of anilines is 1. The van der Waals surface area contributed by atoms with Crippen molar-refractivity contribution in [3.63, 3.8) is 0 Å². The van der Waals surface area contributed by atoms with Gasteiger partial charge in [0, 0.05) is 37.0 Å². The van der Waals surface area contributed by atoms with Gasteiger partial charge in [0.05, 0.1) is 11.9 Å². The van der Waals surface area contributed by atoms with Crippen LogP contribution in [-0.2, 0) is 16.4 Å². The van der Waals surface area contributed by atoms with E-state index in [4.69, 9.17) is 5.73 Å². The van der Waals surface area contributed by atoms with Gasteiger partial charge in [-0.1, -0.05) is 0 Å². The summed E-state index contributed by atoms with van der Waals surface area (Å²) in [6.07, 6.45) is 4.67. The SMILES string of the molecule is CS(=O)(=O)C1CSCCN1c1cnccc1CN. The fourth-order valence-electron chi connectivity index (χ4n) is 2.06. The van der Waals surface area contributed by atoms with Gasteiger partial charge >= 0.3 is 0 Å². The van der Waals surface area contributed by atoms with Crippen molar-refractivity contribution < 1.29 is 8.42 Å². The standard InChI is InChI=1S/C11H17N3O2S2/c1-18(15,16)11-8-17-5-4-14(11)10-7-13-3-2-9(10)6-12/h2-3,7,11H,4-6,8,12H2,1H3. The van der Waals surface area contributed by atoms with Crippen LogP contribution in [0.2, 0.25) is 0 Å². The molecule has 0 aromatic carbocycles. The van der Waals surface area contributed by atoms with Crippen molar-refractivity contribution in [3.05, 3.63) is 24.0 Å². The third-order valence-corrected chi connectivity index (χ3v) is 5.64. The molecule has 2 heterocycles. The highest BCUT2D eigenvalue weighted by Gasteiger charge is 2.32. The maximum absolute atomic E-state index is 11.9. The van der Waals surface area contributed by atoms with Gasteiger partial charge in [-0.2, -0.15) is 11.8 Å². The second-order valence-electron chi connectivity index (χ2n) is 4.26. The highest BCUT2D eigenvalue weighted by molar-refractivity contribution is 8.01. The van der Waals surface area contributed by atoms with Crippen molar-refractivity contribution in [2.75, 3.05) is 29.2 Å². The summed E-state index contributed by atoms with van der Waals surface area (Å²) in [7, 11) is -3.11. The first-order valence-electron chi connectivity index (χ1n) is 5.70. The largest absolute Gasteiger partial charge is 0.352 e. The fraction of sp³-hybridized carbons (Fsp3) is 0.545. The van der Waals surface area contributed by atoms with Crippen LogP contribution in [0.1, 0.15) is 5.56 Å². The summed E-state index contributed by atoms with van der Waals surface area (Å²) in [6, 6.07) is 1.84. The van der Waals surface area contributed by atoms with Gasteiger partial charge in [0.15, 0.2) is 9.84 Å². The second kappa shape index (κ2) is 5.46. The fourth-order valence-corrected chi connectivity index (χ4v) is 4.89. The first kappa shape index (κ1) is 13.6. The maximum atomic E-state index is 11.9. The Kier molecular flexibility index (Phi) is 4.14. The minimum absolute atomic E-state index is 0.387. The molecule has 1 aliphatic rings. The Morgan fingerprint density at radius 1 is 1.61 bits per heavy atom. The van der Waals surface area contributed by atoms with Crippen molar-refractivity contribution in [1.29, 1.82) is 0 Å². The first-order chi connectivity index (χ1) is 8.54. The van der Waals surface area contributed by atoms with Crippen LogP contribution in [0.4, 0.5) is 5.69 Å². The monoisotopic (exact) mass is 287 g/mol. The van der Waals surface area contributed by atoms with Gasteiger partial charge in [0.2, 0.25) is 0 Å². The number of pyridine rings is 1. The van der Waals surface area contributed by atoms with Gasteiger partial charge in [-0.15, -0.1) is 0 Å². The Morgan fingerprint density at radius 3 is 3.06 bits per heavy atom. The minimum atomic E-state index is -3.11.